The van der Waals surface area contributed by atoms with E-state index in [9.17, 15) is 4.79 Å². The Morgan fingerprint density at radius 1 is 1.63 bits per heavy atom. The van der Waals surface area contributed by atoms with Gasteiger partial charge in [0.2, 0.25) is 0 Å². The van der Waals surface area contributed by atoms with E-state index in [4.69, 9.17) is 14.9 Å². The zero-order valence-corrected chi connectivity index (χ0v) is 12.3. The van der Waals surface area contributed by atoms with Gasteiger partial charge in [0, 0.05) is 0 Å². The van der Waals surface area contributed by atoms with E-state index in [1.54, 1.807) is 24.8 Å². The van der Waals surface area contributed by atoms with Crippen LogP contribution in [0.5, 0.6) is 0 Å². The maximum Gasteiger partial charge on any atom is 0.341 e. The van der Waals surface area contributed by atoms with E-state index in [1.807, 2.05) is 6.92 Å². The number of anilines is 1. The van der Waals surface area contributed by atoms with Crippen LogP contribution in [0.2, 0.25) is 0 Å². The number of thiazole rings is 1. The molecule has 0 fully saturated rings. The van der Waals surface area contributed by atoms with Crippen LogP contribution in [0.4, 0.5) is 5.13 Å². The Labute approximate surface area is 119 Å². The van der Waals surface area contributed by atoms with Crippen molar-refractivity contribution in [2.45, 2.75) is 23.8 Å². The number of furan rings is 1. The van der Waals surface area contributed by atoms with Gasteiger partial charge < -0.3 is 14.9 Å². The molecule has 102 valence electrons. The topological polar surface area (TPSA) is 78.3 Å². The number of esters is 1. The average Bonchev–Trinajstić information content (AvgIpc) is 2.93. The zero-order chi connectivity index (χ0) is 13.8. The first-order chi connectivity index (χ1) is 9.11. The number of ether oxygens (including phenoxy) is 1. The van der Waals surface area contributed by atoms with Gasteiger partial charge in [0.25, 0.3) is 0 Å². The van der Waals surface area contributed by atoms with Crippen molar-refractivity contribution >= 4 is 34.2 Å². The van der Waals surface area contributed by atoms with Crippen LogP contribution in [0.25, 0.3) is 0 Å². The highest BCUT2D eigenvalue weighted by Crippen LogP contribution is 2.33. The van der Waals surface area contributed by atoms with Crippen molar-refractivity contribution in [2.75, 3.05) is 12.3 Å². The molecule has 0 saturated carbocycles. The third-order valence-electron chi connectivity index (χ3n) is 2.35. The van der Waals surface area contributed by atoms with E-state index in [1.165, 1.54) is 17.6 Å². The van der Waals surface area contributed by atoms with Gasteiger partial charge in [-0.05, 0) is 19.9 Å². The van der Waals surface area contributed by atoms with Crippen molar-refractivity contribution in [2.24, 2.45) is 0 Å². The fourth-order valence-corrected chi connectivity index (χ4v) is 3.49. The molecular formula is C12H14N2O3S2. The summed E-state index contributed by atoms with van der Waals surface area (Å²) in [5, 5.41) is 0.546. The van der Waals surface area contributed by atoms with Gasteiger partial charge in [-0.15, -0.1) is 11.8 Å². The molecule has 0 radical (unpaired) electrons. The summed E-state index contributed by atoms with van der Waals surface area (Å²) < 4.78 is 11.3. The molecule has 2 N–H and O–H groups in total. The Morgan fingerprint density at radius 2 is 2.42 bits per heavy atom. The number of nitrogen functional groups attached to an aromatic ring is 1. The molecule has 0 aromatic carbocycles. The molecule has 0 aliphatic rings. The van der Waals surface area contributed by atoms with E-state index in [0.29, 0.717) is 28.8 Å². The number of nitrogens with two attached hydrogens (primary N) is 1. The molecule has 0 amide bonds. The highest BCUT2D eigenvalue weighted by molar-refractivity contribution is 8.00. The molecule has 2 aromatic heterocycles. The van der Waals surface area contributed by atoms with Crippen LogP contribution in [-0.4, -0.2) is 17.6 Å². The van der Waals surface area contributed by atoms with Gasteiger partial charge in [-0.1, -0.05) is 11.3 Å². The minimum atomic E-state index is -0.354. The summed E-state index contributed by atoms with van der Waals surface area (Å²) in [4.78, 5) is 15.8. The maximum atomic E-state index is 11.7. The van der Waals surface area contributed by atoms with Gasteiger partial charge in [0.15, 0.2) is 5.13 Å². The van der Waals surface area contributed by atoms with Crippen LogP contribution in [0, 0.1) is 6.92 Å². The van der Waals surface area contributed by atoms with Gasteiger partial charge in [-0.25, -0.2) is 9.78 Å². The molecule has 0 unspecified atom stereocenters. The quantitative estimate of drug-likeness (QED) is 0.675. The SMILES string of the molecule is CCOC(=O)c1ccoc1CSc1sc(N)nc1C. The van der Waals surface area contributed by atoms with Crippen molar-refractivity contribution in [1.29, 1.82) is 0 Å². The molecule has 19 heavy (non-hydrogen) atoms. The molecule has 5 nitrogen and oxygen atoms in total. The summed E-state index contributed by atoms with van der Waals surface area (Å²) >= 11 is 2.98. The maximum absolute atomic E-state index is 11.7. The highest BCUT2D eigenvalue weighted by Gasteiger charge is 2.16. The number of carbonyl (C=O) groups excluding carboxylic acids is 1. The summed E-state index contributed by atoms with van der Waals surface area (Å²) in [7, 11) is 0. The first kappa shape index (κ1) is 14.0. The standard InChI is InChI=1S/C12H14N2O3S2/c1-3-16-10(15)8-4-5-17-9(8)6-18-11-7(2)14-12(13)19-11/h4-5H,3,6H2,1-2H3,(H2,13,14). The van der Waals surface area contributed by atoms with Gasteiger partial charge >= 0.3 is 5.97 Å². The number of thioether (sulfide) groups is 1. The molecule has 7 heteroatoms. The van der Waals surface area contributed by atoms with Crippen molar-refractivity contribution in [3.8, 4) is 0 Å². The minimum Gasteiger partial charge on any atom is -0.468 e. The zero-order valence-electron chi connectivity index (χ0n) is 10.6. The Bertz CT molecular complexity index is 577. The van der Waals surface area contributed by atoms with Crippen molar-refractivity contribution in [1.82, 2.24) is 4.98 Å². The fraction of sp³-hybridized carbons (Fsp3) is 0.333. The number of hydrogen-bond acceptors (Lipinski definition) is 7. The summed E-state index contributed by atoms with van der Waals surface area (Å²) in [6, 6.07) is 1.63. The summed E-state index contributed by atoms with van der Waals surface area (Å²) in [5.74, 6) is 0.797. The lowest BCUT2D eigenvalue weighted by atomic mass is 10.3. The third-order valence-corrected chi connectivity index (χ3v) is 4.69. The number of nitrogens with zero attached hydrogens (tertiary/aromatic N) is 1. The Hall–Kier alpha value is -1.47. The van der Waals surface area contributed by atoms with E-state index < -0.39 is 0 Å². The number of aryl methyl sites for hydroxylation is 1. The average molecular weight is 298 g/mol. The van der Waals surface area contributed by atoms with Crippen LogP contribution in [-0.2, 0) is 10.5 Å². The highest BCUT2D eigenvalue weighted by atomic mass is 32.2. The number of hydrogen-bond donors (Lipinski definition) is 1. The molecule has 0 saturated heterocycles. The monoisotopic (exact) mass is 298 g/mol. The lowest BCUT2D eigenvalue weighted by Crippen LogP contribution is -2.05. The predicted octanol–water partition coefficient (Wildman–Crippen LogP) is 3.10. The second-order valence-corrected chi connectivity index (χ2v) is 5.97. The molecule has 0 aliphatic heterocycles. The lowest BCUT2D eigenvalue weighted by Gasteiger charge is -2.02. The largest absolute Gasteiger partial charge is 0.468 e. The van der Waals surface area contributed by atoms with E-state index in [-0.39, 0.29) is 5.97 Å². The molecule has 2 rings (SSSR count). The van der Waals surface area contributed by atoms with Crippen LogP contribution >= 0.6 is 23.1 Å². The molecule has 2 heterocycles. The summed E-state index contributed by atoms with van der Waals surface area (Å²) in [6.45, 7) is 4.03. The first-order valence-corrected chi connectivity index (χ1v) is 7.51. The summed E-state index contributed by atoms with van der Waals surface area (Å²) in [6.07, 6.45) is 1.50. The number of aromatic nitrogens is 1. The van der Waals surface area contributed by atoms with Crippen molar-refractivity contribution in [3.05, 3.63) is 29.3 Å². The van der Waals surface area contributed by atoms with Gasteiger partial charge in [0.05, 0.1) is 28.5 Å². The Balaban J connectivity index is 2.06. The fourth-order valence-electron chi connectivity index (χ4n) is 1.51. The smallest absolute Gasteiger partial charge is 0.341 e. The minimum absolute atomic E-state index is 0.348. The lowest BCUT2D eigenvalue weighted by molar-refractivity contribution is 0.0524. The summed E-state index contributed by atoms with van der Waals surface area (Å²) in [5.41, 5.74) is 7.02. The molecule has 2 aromatic rings. The molecule has 0 spiro atoms. The van der Waals surface area contributed by atoms with E-state index in [0.717, 1.165) is 9.90 Å². The molecule has 0 atom stereocenters. The van der Waals surface area contributed by atoms with Crippen molar-refractivity contribution in [3.63, 3.8) is 0 Å². The number of carbonyl (C=O) groups is 1. The molecule has 0 bridgehead atoms. The Morgan fingerprint density at radius 3 is 3.05 bits per heavy atom. The van der Waals surface area contributed by atoms with Gasteiger partial charge in [0.1, 0.15) is 11.3 Å². The van der Waals surface area contributed by atoms with Gasteiger partial charge in [-0.2, -0.15) is 0 Å². The van der Waals surface area contributed by atoms with Gasteiger partial charge in [-0.3, -0.25) is 0 Å². The second kappa shape index (κ2) is 6.12. The first-order valence-electron chi connectivity index (χ1n) is 5.71. The van der Waals surface area contributed by atoms with Crippen LogP contribution in [0.1, 0.15) is 28.7 Å². The number of rotatable bonds is 5. The molecular weight excluding hydrogens is 284 g/mol. The normalized spacial score (nSPS) is 10.6. The molecule has 0 aliphatic carbocycles. The van der Waals surface area contributed by atoms with E-state index >= 15 is 0 Å². The second-order valence-electron chi connectivity index (χ2n) is 3.69. The van der Waals surface area contributed by atoms with Crippen molar-refractivity contribution < 1.29 is 13.9 Å². The van der Waals surface area contributed by atoms with Crippen LogP contribution < -0.4 is 5.73 Å². The van der Waals surface area contributed by atoms with Crippen LogP contribution in [0.3, 0.4) is 0 Å². The third kappa shape index (κ3) is 3.30. The van der Waals surface area contributed by atoms with Crippen LogP contribution in [0.15, 0.2) is 21.0 Å². The Kier molecular flexibility index (Phi) is 4.49. The van der Waals surface area contributed by atoms with E-state index in [2.05, 4.69) is 4.98 Å². The predicted molar refractivity (Wildman–Crippen MR) is 75.5 cm³/mol.